The summed E-state index contributed by atoms with van der Waals surface area (Å²) in [5.41, 5.74) is 2.76. The number of para-hydroxylation sites is 1. The molecule has 1 aromatic carbocycles. The van der Waals surface area contributed by atoms with Crippen LogP contribution in [0.2, 0.25) is 0 Å². The SMILES string of the molecule is Cn1cc(C2=C(N3CCOCC3)C(=O)NC2=O)c2ccccc21. The number of amides is 2. The summed E-state index contributed by atoms with van der Waals surface area (Å²) in [7, 11) is 1.94. The number of aromatic nitrogens is 1. The minimum atomic E-state index is -0.326. The van der Waals surface area contributed by atoms with Crippen LogP contribution in [0.5, 0.6) is 0 Å². The summed E-state index contributed by atoms with van der Waals surface area (Å²) in [6, 6.07) is 7.88. The van der Waals surface area contributed by atoms with Crippen LogP contribution in [0.1, 0.15) is 5.56 Å². The molecule has 2 aliphatic rings. The Morgan fingerprint density at radius 3 is 2.61 bits per heavy atom. The molecule has 1 saturated heterocycles. The summed E-state index contributed by atoms with van der Waals surface area (Å²) in [6.07, 6.45) is 1.92. The van der Waals surface area contributed by atoms with Crippen LogP contribution in [0.4, 0.5) is 0 Å². The van der Waals surface area contributed by atoms with Gasteiger partial charge >= 0.3 is 0 Å². The summed E-state index contributed by atoms with van der Waals surface area (Å²) < 4.78 is 7.33. The van der Waals surface area contributed by atoms with Crippen LogP contribution < -0.4 is 5.32 Å². The number of hydrogen-bond acceptors (Lipinski definition) is 4. The van der Waals surface area contributed by atoms with Gasteiger partial charge in [0.2, 0.25) is 0 Å². The number of morpholine rings is 1. The van der Waals surface area contributed by atoms with Crippen molar-refractivity contribution in [2.45, 2.75) is 0 Å². The third kappa shape index (κ3) is 2.14. The van der Waals surface area contributed by atoms with Gasteiger partial charge in [-0.3, -0.25) is 14.9 Å². The number of hydrogen-bond donors (Lipinski definition) is 1. The molecule has 0 bridgehead atoms. The van der Waals surface area contributed by atoms with Crippen LogP contribution in [-0.2, 0) is 21.4 Å². The number of rotatable bonds is 2. The van der Waals surface area contributed by atoms with E-state index in [1.807, 2.05) is 47.0 Å². The maximum Gasteiger partial charge on any atom is 0.275 e. The summed E-state index contributed by atoms with van der Waals surface area (Å²) in [5, 5.41) is 3.42. The quantitative estimate of drug-likeness (QED) is 0.836. The van der Waals surface area contributed by atoms with Crippen LogP contribution in [-0.4, -0.2) is 47.6 Å². The molecule has 0 saturated carbocycles. The zero-order chi connectivity index (χ0) is 16.0. The maximum absolute atomic E-state index is 12.4. The first-order valence-corrected chi connectivity index (χ1v) is 7.64. The van der Waals surface area contributed by atoms with Gasteiger partial charge in [-0.1, -0.05) is 18.2 Å². The molecule has 0 unspecified atom stereocenters. The van der Waals surface area contributed by atoms with Gasteiger partial charge in [-0.15, -0.1) is 0 Å². The fourth-order valence-corrected chi connectivity index (χ4v) is 3.33. The minimum absolute atomic E-state index is 0.320. The largest absolute Gasteiger partial charge is 0.378 e. The number of nitrogens with one attached hydrogen (secondary N) is 1. The number of ether oxygens (including phenoxy) is 1. The zero-order valence-electron chi connectivity index (χ0n) is 12.8. The number of aryl methyl sites for hydroxylation is 1. The van der Waals surface area contributed by atoms with Crippen LogP contribution in [0.3, 0.4) is 0 Å². The number of carbonyl (C=O) groups is 2. The van der Waals surface area contributed by atoms with Crippen molar-refractivity contribution in [3.63, 3.8) is 0 Å². The van der Waals surface area contributed by atoms with Gasteiger partial charge in [-0.2, -0.15) is 0 Å². The second kappa shape index (κ2) is 5.24. The summed E-state index contributed by atoms with van der Waals surface area (Å²) in [4.78, 5) is 26.7. The molecule has 1 N–H and O–H groups in total. The Bertz CT molecular complexity index is 844. The molecule has 0 atom stereocenters. The van der Waals surface area contributed by atoms with Crippen LogP contribution in [0.25, 0.3) is 16.5 Å². The van der Waals surface area contributed by atoms with Gasteiger partial charge < -0.3 is 14.2 Å². The molecular formula is C17H17N3O3. The molecule has 6 heteroatoms. The third-order valence-corrected chi connectivity index (χ3v) is 4.40. The first kappa shape index (κ1) is 14.0. The van der Waals surface area contributed by atoms with Crippen molar-refractivity contribution in [2.24, 2.45) is 7.05 Å². The van der Waals surface area contributed by atoms with Crippen LogP contribution in [0, 0.1) is 0 Å². The Labute approximate surface area is 133 Å². The molecule has 1 fully saturated rings. The zero-order valence-corrected chi connectivity index (χ0v) is 12.8. The van der Waals surface area contributed by atoms with Crippen molar-refractivity contribution in [1.29, 1.82) is 0 Å². The van der Waals surface area contributed by atoms with E-state index >= 15 is 0 Å². The number of nitrogens with zero attached hydrogens (tertiary/aromatic N) is 2. The molecule has 2 aromatic rings. The first-order chi connectivity index (χ1) is 11.2. The van der Waals surface area contributed by atoms with E-state index in [0.29, 0.717) is 37.6 Å². The van der Waals surface area contributed by atoms with E-state index in [1.165, 1.54) is 0 Å². The number of benzene rings is 1. The second-order valence-electron chi connectivity index (χ2n) is 5.78. The molecule has 4 rings (SSSR count). The average Bonchev–Trinajstić information content (AvgIpc) is 3.05. The van der Waals surface area contributed by atoms with Crippen molar-refractivity contribution < 1.29 is 14.3 Å². The predicted molar refractivity (Wildman–Crippen MR) is 85.4 cm³/mol. The number of fused-ring (bicyclic) bond motifs is 1. The predicted octanol–water partition coefficient (Wildman–Crippen LogP) is 0.878. The normalized spacial score (nSPS) is 18.9. The Morgan fingerprint density at radius 1 is 1.09 bits per heavy atom. The standard InChI is InChI=1S/C17H17N3O3/c1-19-10-12(11-4-2-3-5-13(11)19)14-15(17(22)18-16(14)21)20-6-8-23-9-7-20/h2-5,10H,6-9H2,1H3,(H,18,21,22). The second-order valence-corrected chi connectivity index (χ2v) is 5.78. The molecular weight excluding hydrogens is 294 g/mol. The van der Waals surface area contributed by atoms with Gasteiger partial charge in [0.25, 0.3) is 11.8 Å². The van der Waals surface area contributed by atoms with Crippen LogP contribution in [0.15, 0.2) is 36.2 Å². The van der Waals surface area contributed by atoms with Crippen molar-refractivity contribution in [3.05, 3.63) is 41.7 Å². The molecule has 118 valence electrons. The lowest BCUT2D eigenvalue weighted by molar-refractivity contribution is -0.124. The van der Waals surface area contributed by atoms with E-state index in [4.69, 9.17) is 4.74 Å². The topological polar surface area (TPSA) is 63.6 Å². The lowest BCUT2D eigenvalue weighted by Gasteiger charge is -2.29. The molecule has 2 amide bonds. The van der Waals surface area contributed by atoms with E-state index in [2.05, 4.69) is 5.32 Å². The molecule has 0 radical (unpaired) electrons. The van der Waals surface area contributed by atoms with E-state index in [9.17, 15) is 9.59 Å². The summed E-state index contributed by atoms with van der Waals surface area (Å²) >= 11 is 0. The number of carbonyl (C=O) groups excluding carboxylic acids is 2. The minimum Gasteiger partial charge on any atom is -0.378 e. The molecule has 6 nitrogen and oxygen atoms in total. The van der Waals surface area contributed by atoms with Gasteiger partial charge in [0.05, 0.1) is 18.8 Å². The van der Waals surface area contributed by atoms with Crippen molar-refractivity contribution in [2.75, 3.05) is 26.3 Å². The summed E-state index contributed by atoms with van der Waals surface area (Å²) in [5.74, 6) is -0.646. The molecule has 1 aromatic heterocycles. The van der Waals surface area contributed by atoms with Crippen molar-refractivity contribution >= 4 is 28.3 Å². The van der Waals surface area contributed by atoms with E-state index in [1.54, 1.807) is 0 Å². The molecule has 2 aliphatic heterocycles. The Kier molecular flexibility index (Phi) is 3.20. The van der Waals surface area contributed by atoms with E-state index < -0.39 is 0 Å². The molecule has 3 heterocycles. The molecule has 0 spiro atoms. The molecule has 23 heavy (non-hydrogen) atoms. The summed E-state index contributed by atoms with van der Waals surface area (Å²) in [6.45, 7) is 2.36. The molecule has 0 aliphatic carbocycles. The van der Waals surface area contributed by atoms with Gasteiger partial charge in [0.1, 0.15) is 5.70 Å². The third-order valence-electron chi connectivity index (χ3n) is 4.40. The van der Waals surface area contributed by atoms with Crippen molar-refractivity contribution in [3.8, 4) is 0 Å². The van der Waals surface area contributed by atoms with Gasteiger partial charge in [-0.25, -0.2) is 0 Å². The lowest BCUT2D eigenvalue weighted by Crippen LogP contribution is -2.39. The highest BCUT2D eigenvalue weighted by atomic mass is 16.5. The highest BCUT2D eigenvalue weighted by molar-refractivity contribution is 6.37. The fourth-order valence-electron chi connectivity index (χ4n) is 3.33. The number of imide groups is 1. The Morgan fingerprint density at radius 2 is 1.83 bits per heavy atom. The van der Waals surface area contributed by atoms with Gasteiger partial charge in [0.15, 0.2) is 0 Å². The highest BCUT2D eigenvalue weighted by Crippen LogP contribution is 2.33. The van der Waals surface area contributed by atoms with E-state index in [-0.39, 0.29) is 11.8 Å². The van der Waals surface area contributed by atoms with Crippen molar-refractivity contribution in [1.82, 2.24) is 14.8 Å². The Balaban J connectivity index is 1.93. The Hall–Kier alpha value is -2.60. The van der Waals surface area contributed by atoms with Crippen LogP contribution >= 0.6 is 0 Å². The average molecular weight is 311 g/mol. The maximum atomic E-state index is 12.4. The first-order valence-electron chi connectivity index (χ1n) is 7.64. The lowest BCUT2D eigenvalue weighted by atomic mass is 10.0. The monoisotopic (exact) mass is 311 g/mol. The highest BCUT2D eigenvalue weighted by Gasteiger charge is 2.36. The van der Waals surface area contributed by atoms with Gasteiger partial charge in [0, 0.05) is 42.8 Å². The van der Waals surface area contributed by atoms with E-state index in [0.717, 1.165) is 16.5 Å². The smallest absolute Gasteiger partial charge is 0.275 e. The fraction of sp³-hybridized carbons (Fsp3) is 0.294. The van der Waals surface area contributed by atoms with Gasteiger partial charge in [-0.05, 0) is 6.07 Å².